The average Bonchev–Trinajstić information content (AvgIpc) is 2.68. The Bertz CT molecular complexity index is 297. The second-order valence-corrected chi connectivity index (χ2v) is 6.54. The number of aromatic nitrogens is 2. The van der Waals surface area contributed by atoms with Crippen molar-refractivity contribution in [3.8, 4) is 0 Å². The number of alkyl halides is 1. The standard InChI is InChI=1S/C10H15ClN2S2/c11-4-1-9-12-13-10(15-9)7-8-2-5-14-6-3-8/h8H,1-7H2. The van der Waals surface area contributed by atoms with Crippen LogP contribution in [0.2, 0.25) is 0 Å². The van der Waals surface area contributed by atoms with Crippen molar-refractivity contribution < 1.29 is 0 Å². The lowest BCUT2D eigenvalue weighted by atomic mass is 9.99. The lowest BCUT2D eigenvalue weighted by Crippen LogP contribution is -2.11. The van der Waals surface area contributed by atoms with Crippen LogP contribution in [0.25, 0.3) is 0 Å². The van der Waals surface area contributed by atoms with E-state index in [4.69, 9.17) is 11.6 Å². The molecule has 84 valence electrons. The van der Waals surface area contributed by atoms with E-state index >= 15 is 0 Å². The van der Waals surface area contributed by atoms with Crippen LogP contribution in [-0.2, 0) is 12.8 Å². The number of aryl methyl sites for hydroxylation is 1. The van der Waals surface area contributed by atoms with E-state index in [1.54, 1.807) is 11.3 Å². The highest BCUT2D eigenvalue weighted by Gasteiger charge is 2.16. The molecule has 1 aromatic rings. The third-order valence-electron chi connectivity index (χ3n) is 2.62. The van der Waals surface area contributed by atoms with Gasteiger partial charge in [0, 0.05) is 18.7 Å². The van der Waals surface area contributed by atoms with Crippen molar-refractivity contribution in [2.24, 2.45) is 5.92 Å². The molecule has 0 aromatic carbocycles. The molecular formula is C10H15ClN2S2. The van der Waals surface area contributed by atoms with Crippen LogP contribution < -0.4 is 0 Å². The summed E-state index contributed by atoms with van der Waals surface area (Å²) in [5.74, 6) is 4.12. The van der Waals surface area contributed by atoms with Crippen LogP contribution in [-0.4, -0.2) is 27.6 Å². The summed E-state index contributed by atoms with van der Waals surface area (Å²) in [6.07, 6.45) is 4.67. The maximum absolute atomic E-state index is 5.67. The predicted octanol–water partition coefficient (Wildman–Crippen LogP) is 3.01. The summed E-state index contributed by atoms with van der Waals surface area (Å²) < 4.78 is 0. The van der Waals surface area contributed by atoms with Crippen LogP contribution >= 0.6 is 34.7 Å². The molecule has 1 fully saturated rings. The quantitative estimate of drug-likeness (QED) is 0.781. The molecule has 1 aromatic heterocycles. The van der Waals surface area contributed by atoms with Gasteiger partial charge in [-0.2, -0.15) is 11.8 Å². The minimum atomic E-state index is 0.648. The van der Waals surface area contributed by atoms with E-state index in [-0.39, 0.29) is 0 Å². The molecule has 1 aliphatic rings. The van der Waals surface area contributed by atoms with Gasteiger partial charge in [-0.25, -0.2) is 0 Å². The van der Waals surface area contributed by atoms with Crippen molar-refractivity contribution in [1.82, 2.24) is 10.2 Å². The van der Waals surface area contributed by atoms with Gasteiger partial charge in [0.15, 0.2) is 0 Å². The van der Waals surface area contributed by atoms with Crippen molar-refractivity contribution in [2.45, 2.75) is 25.7 Å². The van der Waals surface area contributed by atoms with E-state index in [0.717, 1.165) is 23.8 Å². The van der Waals surface area contributed by atoms with E-state index in [1.807, 2.05) is 0 Å². The van der Waals surface area contributed by atoms with E-state index < -0.39 is 0 Å². The third kappa shape index (κ3) is 3.61. The van der Waals surface area contributed by atoms with E-state index in [2.05, 4.69) is 22.0 Å². The normalized spacial score (nSPS) is 18.2. The first-order chi connectivity index (χ1) is 7.38. The van der Waals surface area contributed by atoms with Gasteiger partial charge in [0.05, 0.1) is 0 Å². The lowest BCUT2D eigenvalue weighted by molar-refractivity contribution is 0.485. The van der Waals surface area contributed by atoms with Crippen molar-refractivity contribution in [3.05, 3.63) is 10.0 Å². The molecule has 0 unspecified atom stereocenters. The Morgan fingerprint density at radius 2 is 1.93 bits per heavy atom. The summed E-state index contributed by atoms with van der Waals surface area (Å²) in [5.41, 5.74) is 0. The summed E-state index contributed by atoms with van der Waals surface area (Å²) in [4.78, 5) is 0. The van der Waals surface area contributed by atoms with Crippen LogP contribution in [0.4, 0.5) is 0 Å². The van der Waals surface area contributed by atoms with Gasteiger partial charge in [0.25, 0.3) is 0 Å². The van der Waals surface area contributed by atoms with Crippen molar-refractivity contribution in [3.63, 3.8) is 0 Å². The molecule has 0 aliphatic carbocycles. The Hall–Kier alpha value is 0.200. The fraction of sp³-hybridized carbons (Fsp3) is 0.800. The second-order valence-electron chi connectivity index (χ2n) is 3.79. The molecule has 5 heteroatoms. The van der Waals surface area contributed by atoms with Gasteiger partial charge in [-0.3, -0.25) is 0 Å². The van der Waals surface area contributed by atoms with Crippen LogP contribution in [0.1, 0.15) is 22.9 Å². The van der Waals surface area contributed by atoms with Gasteiger partial charge in [-0.15, -0.1) is 33.1 Å². The Kier molecular flexibility index (Phi) is 4.72. The molecule has 1 saturated heterocycles. The number of thioether (sulfide) groups is 1. The van der Waals surface area contributed by atoms with Gasteiger partial charge >= 0.3 is 0 Å². The molecule has 2 rings (SSSR count). The molecule has 0 atom stereocenters. The first-order valence-corrected chi connectivity index (χ1v) is 7.84. The zero-order valence-electron chi connectivity index (χ0n) is 8.62. The minimum absolute atomic E-state index is 0.648. The molecule has 2 nitrogen and oxygen atoms in total. The summed E-state index contributed by atoms with van der Waals surface area (Å²) in [5, 5.41) is 10.7. The monoisotopic (exact) mass is 262 g/mol. The summed E-state index contributed by atoms with van der Waals surface area (Å²) in [6.45, 7) is 0. The van der Waals surface area contributed by atoms with Crippen LogP contribution in [0, 0.1) is 5.92 Å². The highest BCUT2D eigenvalue weighted by atomic mass is 35.5. The molecule has 0 spiro atoms. The SMILES string of the molecule is ClCCc1nnc(CC2CCSCC2)s1. The maximum atomic E-state index is 5.67. The topological polar surface area (TPSA) is 25.8 Å². The number of nitrogens with zero attached hydrogens (tertiary/aromatic N) is 2. The molecular weight excluding hydrogens is 248 g/mol. The zero-order valence-corrected chi connectivity index (χ0v) is 11.0. The van der Waals surface area contributed by atoms with Gasteiger partial charge in [-0.05, 0) is 30.3 Å². The Labute approximate surface area is 104 Å². The summed E-state index contributed by atoms with van der Waals surface area (Å²) in [7, 11) is 0. The highest BCUT2D eigenvalue weighted by Crippen LogP contribution is 2.26. The van der Waals surface area contributed by atoms with E-state index in [9.17, 15) is 0 Å². The maximum Gasteiger partial charge on any atom is 0.118 e. The first kappa shape index (κ1) is 11.7. The fourth-order valence-electron chi connectivity index (χ4n) is 1.75. The van der Waals surface area contributed by atoms with Crippen molar-refractivity contribution in [1.29, 1.82) is 0 Å². The molecule has 2 heterocycles. The summed E-state index contributed by atoms with van der Waals surface area (Å²) >= 11 is 9.48. The Balaban J connectivity index is 1.86. The van der Waals surface area contributed by atoms with Gasteiger partial charge in [-0.1, -0.05) is 0 Å². The van der Waals surface area contributed by atoms with Crippen molar-refractivity contribution in [2.75, 3.05) is 17.4 Å². The zero-order chi connectivity index (χ0) is 10.5. The predicted molar refractivity (Wildman–Crippen MR) is 68.1 cm³/mol. The molecule has 0 bridgehead atoms. The van der Waals surface area contributed by atoms with Crippen LogP contribution in [0.5, 0.6) is 0 Å². The minimum Gasteiger partial charge on any atom is -0.162 e. The van der Waals surface area contributed by atoms with Gasteiger partial charge in [0.2, 0.25) is 0 Å². The average molecular weight is 263 g/mol. The van der Waals surface area contributed by atoms with Gasteiger partial charge < -0.3 is 0 Å². The number of hydrogen-bond acceptors (Lipinski definition) is 4. The molecule has 1 aliphatic heterocycles. The second kappa shape index (κ2) is 6.06. The number of rotatable bonds is 4. The number of halogens is 1. The molecule has 0 N–H and O–H groups in total. The smallest absolute Gasteiger partial charge is 0.118 e. The lowest BCUT2D eigenvalue weighted by Gasteiger charge is -2.19. The molecule has 0 saturated carbocycles. The van der Waals surface area contributed by atoms with Crippen LogP contribution in [0.15, 0.2) is 0 Å². The first-order valence-electron chi connectivity index (χ1n) is 5.33. The van der Waals surface area contributed by atoms with E-state index in [0.29, 0.717) is 5.88 Å². The molecule has 0 amide bonds. The molecule has 15 heavy (non-hydrogen) atoms. The largest absolute Gasteiger partial charge is 0.162 e. The fourth-order valence-corrected chi connectivity index (χ4v) is 4.20. The molecule has 0 radical (unpaired) electrons. The highest BCUT2D eigenvalue weighted by molar-refractivity contribution is 7.99. The summed E-state index contributed by atoms with van der Waals surface area (Å²) in [6, 6.07) is 0. The van der Waals surface area contributed by atoms with Crippen LogP contribution in [0.3, 0.4) is 0 Å². The Morgan fingerprint density at radius 1 is 1.20 bits per heavy atom. The van der Waals surface area contributed by atoms with Gasteiger partial charge in [0.1, 0.15) is 10.0 Å². The number of hydrogen-bond donors (Lipinski definition) is 0. The third-order valence-corrected chi connectivity index (χ3v) is 4.86. The van der Waals surface area contributed by atoms with Crippen molar-refractivity contribution >= 4 is 34.7 Å². The van der Waals surface area contributed by atoms with E-state index in [1.165, 1.54) is 29.4 Å². The Morgan fingerprint density at radius 3 is 2.67 bits per heavy atom.